The molecule has 2 atom stereocenters. The first-order chi connectivity index (χ1) is 8.84. The van der Waals surface area contributed by atoms with E-state index in [1.807, 2.05) is 31.2 Å². The van der Waals surface area contributed by atoms with E-state index in [-0.39, 0.29) is 0 Å². The first-order valence-corrected chi connectivity index (χ1v) is 6.53. The topological polar surface area (TPSA) is 47.7 Å². The highest BCUT2D eigenvalue weighted by Gasteiger charge is 2.21. The van der Waals surface area contributed by atoms with E-state index in [2.05, 4.69) is 31.3 Å². The minimum absolute atomic E-state index is 0.400. The molecule has 3 heterocycles. The third-order valence-corrected chi connectivity index (χ3v) is 3.68. The van der Waals surface area contributed by atoms with Gasteiger partial charge in [0.1, 0.15) is 0 Å². The Hall–Kier alpha value is -1.62. The van der Waals surface area contributed by atoms with Crippen molar-refractivity contribution in [1.29, 1.82) is 0 Å². The molecule has 1 aliphatic heterocycles. The molecular formula is C13H19N5. The highest BCUT2D eigenvalue weighted by molar-refractivity contribution is 5.10. The van der Waals surface area contributed by atoms with Gasteiger partial charge in [0.25, 0.3) is 0 Å². The molecule has 1 aliphatic rings. The third kappa shape index (κ3) is 2.18. The minimum Gasteiger partial charge on any atom is -0.335 e. The SMILES string of the molecule is CC(Cn1ccnc1)n1cncc1C1CCNC1. The summed E-state index contributed by atoms with van der Waals surface area (Å²) in [7, 11) is 0. The molecular weight excluding hydrogens is 226 g/mol. The molecule has 2 aromatic rings. The molecule has 96 valence electrons. The Morgan fingerprint density at radius 1 is 1.44 bits per heavy atom. The standard InChI is InChI=1S/C13H19N5/c1-11(8-17-5-4-15-9-17)18-10-16-7-13(18)12-2-3-14-6-12/h4-5,7,9-12,14H,2-3,6,8H2,1H3. The quantitative estimate of drug-likeness (QED) is 0.886. The Balaban J connectivity index is 1.77. The van der Waals surface area contributed by atoms with Crippen LogP contribution in [0.25, 0.3) is 0 Å². The zero-order valence-electron chi connectivity index (χ0n) is 10.7. The van der Waals surface area contributed by atoms with Crippen LogP contribution in [0.1, 0.15) is 31.0 Å². The molecule has 0 bridgehead atoms. The van der Waals surface area contributed by atoms with Crippen molar-refractivity contribution in [2.75, 3.05) is 13.1 Å². The summed E-state index contributed by atoms with van der Waals surface area (Å²) in [6.07, 6.45) is 10.9. The zero-order chi connectivity index (χ0) is 12.4. The van der Waals surface area contributed by atoms with Gasteiger partial charge in [-0.15, -0.1) is 0 Å². The highest BCUT2D eigenvalue weighted by Crippen LogP contribution is 2.24. The number of aromatic nitrogens is 4. The van der Waals surface area contributed by atoms with E-state index in [4.69, 9.17) is 0 Å². The highest BCUT2D eigenvalue weighted by atomic mass is 15.1. The van der Waals surface area contributed by atoms with Crippen LogP contribution in [0.15, 0.2) is 31.2 Å². The number of nitrogens with zero attached hydrogens (tertiary/aromatic N) is 4. The lowest BCUT2D eigenvalue weighted by molar-refractivity contribution is 0.443. The fourth-order valence-electron chi connectivity index (χ4n) is 2.69. The molecule has 0 amide bonds. The predicted molar refractivity (Wildman–Crippen MR) is 69.4 cm³/mol. The van der Waals surface area contributed by atoms with Crippen molar-refractivity contribution < 1.29 is 0 Å². The number of rotatable bonds is 4. The molecule has 1 saturated heterocycles. The average Bonchev–Trinajstić information content (AvgIpc) is 3.11. The Morgan fingerprint density at radius 2 is 2.39 bits per heavy atom. The van der Waals surface area contributed by atoms with E-state index in [1.54, 1.807) is 0 Å². The van der Waals surface area contributed by atoms with Gasteiger partial charge in [-0.2, -0.15) is 0 Å². The number of hydrogen-bond donors (Lipinski definition) is 1. The van der Waals surface area contributed by atoms with E-state index >= 15 is 0 Å². The van der Waals surface area contributed by atoms with E-state index in [0.29, 0.717) is 12.0 Å². The third-order valence-electron chi connectivity index (χ3n) is 3.68. The Morgan fingerprint density at radius 3 is 3.11 bits per heavy atom. The fourth-order valence-corrected chi connectivity index (χ4v) is 2.69. The smallest absolute Gasteiger partial charge is 0.0951 e. The van der Waals surface area contributed by atoms with Crippen LogP contribution in [0.3, 0.4) is 0 Å². The second-order valence-electron chi connectivity index (χ2n) is 5.02. The predicted octanol–water partition coefficient (Wildman–Crippen LogP) is 1.42. The minimum atomic E-state index is 0.400. The molecule has 2 aromatic heterocycles. The Bertz CT molecular complexity index is 481. The Labute approximate surface area is 107 Å². The number of hydrogen-bond acceptors (Lipinski definition) is 3. The molecule has 2 unspecified atom stereocenters. The van der Waals surface area contributed by atoms with Crippen LogP contribution in [0.4, 0.5) is 0 Å². The molecule has 0 aliphatic carbocycles. The van der Waals surface area contributed by atoms with Gasteiger partial charge in [-0.25, -0.2) is 9.97 Å². The maximum atomic E-state index is 4.33. The van der Waals surface area contributed by atoms with Gasteiger partial charge < -0.3 is 14.5 Å². The maximum Gasteiger partial charge on any atom is 0.0951 e. The average molecular weight is 245 g/mol. The van der Waals surface area contributed by atoms with Gasteiger partial charge in [0.15, 0.2) is 0 Å². The molecule has 0 aromatic carbocycles. The van der Waals surface area contributed by atoms with E-state index in [0.717, 1.165) is 19.6 Å². The molecule has 5 heteroatoms. The van der Waals surface area contributed by atoms with Crippen molar-refractivity contribution in [3.8, 4) is 0 Å². The molecule has 1 fully saturated rings. The second-order valence-corrected chi connectivity index (χ2v) is 5.02. The second kappa shape index (κ2) is 4.94. The summed E-state index contributed by atoms with van der Waals surface area (Å²) in [5.41, 5.74) is 1.35. The van der Waals surface area contributed by atoms with Crippen molar-refractivity contribution in [2.24, 2.45) is 0 Å². The van der Waals surface area contributed by atoms with E-state index in [9.17, 15) is 0 Å². The molecule has 0 saturated carbocycles. The molecule has 18 heavy (non-hydrogen) atoms. The lowest BCUT2D eigenvalue weighted by Gasteiger charge is -2.19. The summed E-state index contributed by atoms with van der Waals surface area (Å²) in [6.45, 7) is 5.35. The van der Waals surface area contributed by atoms with Gasteiger partial charge in [0, 0.05) is 49.3 Å². The van der Waals surface area contributed by atoms with Gasteiger partial charge in [-0.3, -0.25) is 0 Å². The zero-order valence-corrected chi connectivity index (χ0v) is 10.7. The van der Waals surface area contributed by atoms with Crippen molar-refractivity contribution >= 4 is 0 Å². The first kappa shape index (κ1) is 11.5. The summed E-state index contributed by atoms with van der Waals surface area (Å²) in [5, 5.41) is 3.42. The number of nitrogens with one attached hydrogen (secondary N) is 1. The lowest BCUT2D eigenvalue weighted by Crippen LogP contribution is -2.17. The van der Waals surface area contributed by atoms with Crippen molar-refractivity contribution in [3.05, 3.63) is 36.9 Å². The summed E-state index contributed by atoms with van der Waals surface area (Å²) >= 11 is 0. The molecule has 0 radical (unpaired) electrons. The van der Waals surface area contributed by atoms with Crippen molar-refractivity contribution in [2.45, 2.75) is 31.8 Å². The molecule has 1 N–H and O–H groups in total. The van der Waals surface area contributed by atoms with Crippen LogP contribution in [0, 0.1) is 0 Å². The van der Waals surface area contributed by atoms with Crippen LogP contribution in [-0.4, -0.2) is 32.2 Å². The fraction of sp³-hybridized carbons (Fsp3) is 0.538. The van der Waals surface area contributed by atoms with E-state index in [1.165, 1.54) is 12.1 Å². The van der Waals surface area contributed by atoms with Gasteiger partial charge >= 0.3 is 0 Å². The van der Waals surface area contributed by atoms with Crippen molar-refractivity contribution in [1.82, 2.24) is 24.4 Å². The molecule has 0 spiro atoms. The van der Waals surface area contributed by atoms with Crippen LogP contribution >= 0.6 is 0 Å². The van der Waals surface area contributed by atoms with E-state index < -0.39 is 0 Å². The largest absolute Gasteiger partial charge is 0.335 e. The monoisotopic (exact) mass is 245 g/mol. The lowest BCUT2D eigenvalue weighted by atomic mass is 10.1. The molecule has 5 nitrogen and oxygen atoms in total. The van der Waals surface area contributed by atoms with Crippen LogP contribution < -0.4 is 5.32 Å². The first-order valence-electron chi connectivity index (χ1n) is 6.53. The summed E-state index contributed by atoms with van der Waals surface area (Å²) < 4.78 is 4.42. The Kier molecular flexibility index (Phi) is 3.15. The normalized spacial score (nSPS) is 21.3. The van der Waals surface area contributed by atoms with Gasteiger partial charge in [-0.05, 0) is 19.9 Å². The van der Waals surface area contributed by atoms with Gasteiger partial charge in [0.05, 0.1) is 12.7 Å². The van der Waals surface area contributed by atoms with Crippen LogP contribution in [0.5, 0.6) is 0 Å². The van der Waals surface area contributed by atoms with Crippen LogP contribution in [-0.2, 0) is 6.54 Å². The van der Waals surface area contributed by atoms with Gasteiger partial charge in [-0.1, -0.05) is 0 Å². The summed E-state index contributed by atoms with van der Waals surface area (Å²) in [4.78, 5) is 8.41. The van der Waals surface area contributed by atoms with Crippen LogP contribution in [0.2, 0.25) is 0 Å². The van der Waals surface area contributed by atoms with Gasteiger partial charge in [0.2, 0.25) is 0 Å². The van der Waals surface area contributed by atoms with Crippen molar-refractivity contribution in [3.63, 3.8) is 0 Å². The maximum absolute atomic E-state index is 4.33. The number of imidazole rings is 2. The molecule has 3 rings (SSSR count). The summed E-state index contributed by atoms with van der Waals surface area (Å²) in [6, 6.07) is 0.400. The summed E-state index contributed by atoms with van der Waals surface area (Å²) in [5.74, 6) is 0.609.